The van der Waals surface area contributed by atoms with Gasteiger partial charge in [0.2, 0.25) is 0 Å². The summed E-state index contributed by atoms with van der Waals surface area (Å²) in [6.45, 7) is 1.97. The van der Waals surface area contributed by atoms with Crippen LogP contribution in [0.15, 0.2) is 48.8 Å². The van der Waals surface area contributed by atoms with Crippen molar-refractivity contribution in [3.8, 4) is 11.5 Å². The van der Waals surface area contributed by atoms with E-state index in [1.807, 2.05) is 13.0 Å². The zero-order valence-electron chi connectivity index (χ0n) is 19.3. The highest BCUT2D eigenvalue weighted by Crippen LogP contribution is 2.38. The van der Waals surface area contributed by atoms with Crippen LogP contribution in [0.2, 0.25) is 0 Å². The van der Waals surface area contributed by atoms with Crippen LogP contribution >= 0.6 is 0 Å². The maximum Gasteiger partial charge on any atom is 0.432 e. The lowest BCUT2D eigenvalue weighted by molar-refractivity contribution is -0.189. The van der Waals surface area contributed by atoms with Crippen molar-refractivity contribution in [2.24, 2.45) is 11.8 Å². The number of ether oxygens (including phenoxy) is 2. The molecule has 0 atom stereocenters. The van der Waals surface area contributed by atoms with Crippen LogP contribution in [0.25, 0.3) is 0 Å². The lowest BCUT2D eigenvalue weighted by Crippen LogP contribution is -2.25. The number of benzene rings is 2. The number of allylic oxidation sites excluding steroid dienone is 2. The monoisotopic (exact) mass is 520 g/mol. The molecule has 0 heterocycles. The van der Waals surface area contributed by atoms with Gasteiger partial charge in [-0.05, 0) is 75.0 Å². The average molecular weight is 520 g/mol. The largest absolute Gasteiger partial charge is 0.453 e. The van der Waals surface area contributed by atoms with Crippen molar-refractivity contribution in [2.75, 3.05) is 0 Å². The fourth-order valence-corrected chi connectivity index (χ4v) is 4.37. The van der Waals surface area contributed by atoms with Crippen molar-refractivity contribution < 1.29 is 44.6 Å². The van der Waals surface area contributed by atoms with E-state index in [9.17, 15) is 35.1 Å². The van der Waals surface area contributed by atoms with Gasteiger partial charge >= 0.3 is 12.2 Å². The molecular weight excluding hydrogens is 496 g/mol. The summed E-state index contributed by atoms with van der Waals surface area (Å²) in [5.74, 6) is -7.96. The quantitative estimate of drug-likeness (QED) is 0.187. The maximum absolute atomic E-state index is 14.6. The van der Waals surface area contributed by atoms with Gasteiger partial charge in [0.25, 0.3) is 0 Å². The molecule has 1 saturated carbocycles. The molecule has 0 amide bonds. The van der Waals surface area contributed by atoms with Gasteiger partial charge in [0.05, 0.1) is 0 Å². The molecule has 36 heavy (non-hydrogen) atoms. The molecule has 196 valence electrons. The minimum atomic E-state index is -4.63. The number of rotatable bonds is 9. The van der Waals surface area contributed by atoms with Crippen LogP contribution in [0.5, 0.6) is 11.5 Å². The van der Waals surface area contributed by atoms with Crippen LogP contribution < -0.4 is 9.47 Å². The average Bonchev–Trinajstić information content (AvgIpc) is 2.77. The molecule has 0 aromatic heterocycles. The summed E-state index contributed by atoms with van der Waals surface area (Å²) in [6.07, 6.45) is 1.85. The Morgan fingerprint density at radius 1 is 0.917 bits per heavy atom. The Morgan fingerprint density at radius 2 is 1.50 bits per heavy atom. The number of halogens is 8. The molecule has 0 N–H and O–H groups in total. The van der Waals surface area contributed by atoms with E-state index in [1.54, 1.807) is 0 Å². The summed E-state index contributed by atoms with van der Waals surface area (Å²) in [7, 11) is 0. The highest BCUT2D eigenvalue weighted by Gasteiger charge is 2.41. The zero-order chi connectivity index (χ0) is 26.5. The summed E-state index contributed by atoms with van der Waals surface area (Å²) < 4.78 is 119. The molecule has 0 bridgehead atoms. The highest BCUT2D eigenvalue weighted by atomic mass is 19.3. The van der Waals surface area contributed by atoms with Gasteiger partial charge in [-0.2, -0.15) is 17.6 Å². The normalized spacial score (nSPS) is 18.4. The Balaban J connectivity index is 1.70. The van der Waals surface area contributed by atoms with Crippen LogP contribution in [0.1, 0.15) is 50.2 Å². The van der Waals surface area contributed by atoms with Crippen molar-refractivity contribution in [3.63, 3.8) is 0 Å². The fraction of sp³-hybridized carbons (Fsp3) is 0.385. The van der Waals surface area contributed by atoms with Crippen LogP contribution in [-0.4, -0.2) is 0 Å². The first-order valence-electron chi connectivity index (χ1n) is 11.3. The molecule has 10 heteroatoms. The molecule has 0 saturated heterocycles. The highest BCUT2D eigenvalue weighted by molar-refractivity contribution is 5.36. The van der Waals surface area contributed by atoms with Crippen molar-refractivity contribution in [2.45, 2.75) is 51.6 Å². The molecule has 3 rings (SSSR count). The van der Waals surface area contributed by atoms with Crippen molar-refractivity contribution in [1.29, 1.82) is 0 Å². The van der Waals surface area contributed by atoms with E-state index in [-0.39, 0.29) is 24.0 Å². The molecular formula is C26H24F8O2. The number of aryl methyl sites for hydroxylation is 1. The number of hydrogen-bond acceptors (Lipinski definition) is 2. The van der Waals surface area contributed by atoms with Crippen LogP contribution in [-0.2, 0) is 12.5 Å². The van der Waals surface area contributed by atoms with Gasteiger partial charge < -0.3 is 9.47 Å². The van der Waals surface area contributed by atoms with E-state index in [0.29, 0.717) is 24.7 Å². The van der Waals surface area contributed by atoms with Crippen molar-refractivity contribution in [1.82, 2.24) is 0 Å². The fourth-order valence-electron chi connectivity index (χ4n) is 4.37. The molecule has 2 aromatic rings. The third-order valence-corrected chi connectivity index (χ3v) is 6.07. The minimum Gasteiger partial charge on any atom is -0.453 e. The lowest BCUT2D eigenvalue weighted by atomic mass is 9.79. The van der Waals surface area contributed by atoms with E-state index < -0.39 is 52.5 Å². The van der Waals surface area contributed by atoms with E-state index >= 15 is 0 Å². The third-order valence-electron chi connectivity index (χ3n) is 6.07. The Kier molecular flexibility index (Phi) is 9.03. The Labute approximate surface area is 203 Å². The van der Waals surface area contributed by atoms with Gasteiger partial charge in [-0.3, -0.25) is 0 Å². The Morgan fingerprint density at radius 3 is 2.03 bits per heavy atom. The lowest BCUT2D eigenvalue weighted by Gasteiger charge is -2.26. The van der Waals surface area contributed by atoms with Crippen molar-refractivity contribution in [3.05, 3.63) is 83.2 Å². The molecule has 1 aliphatic carbocycles. The first-order chi connectivity index (χ1) is 17.0. The molecule has 0 unspecified atom stereocenters. The second-order valence-electron chi connectivity index (χ2n) is 8.64. The third kappa shape index (κ3) is 7.01. The maximum atomic E-state index is 14.6. The van der Waals surface area contributed by atoms with E-state index in [0.717, 1.165) is 37.8 Å². The summed E-state index contributed by atoms with van der Waals surface area (Å²) >= 11 is 0. The summed E-state index contributed by atoms with van der Waals surface area (Å²) in [6, 6.07) is 2.01. The van der Waals surface area contributed by atoms with Crippen LogP contribution in [0.4, 0.5) is 35.1 Å². The van der Waals surface area contributed by atoms with Gasteiger partial charge in [-0.25, -0.2) is 17.6 Å². The summed E-state index contributed by atoms with van der Waals surface area (Å²) in [4.78, 5) is 0. The number of alkyl halides is 2. The van der Waals surface area contributed by atoms with Gasteiger partial charge in [-0.1, -0.05) is 12.2 Å². The molecule has 0 radical (unpaired) electrons. The molecule has 1 fully saturated rings. The summed E-state index contributed by atoms with van der Waals surface area (Å²) in [5, 5.41) is 0. The first-order valence-corrected chi connectivity index (χ1v) is 11.3. The molecule has 0 spiro atoms. The first kappa shape index (κ1) is 27.5. The molecule has 2 nitrogen and oxygen atoms in total. The van der Waals surface area contributed by atoms with Crippen LogP contribution in [0.3, 0.4) is 0 Å². The van der Waals surface area contributed by atoms with Gasteiger partial charge in [0.1, 0.15) is 22.9 Å². The zero-order valence-corrected chi connectivity index (χ0v) is 19.3. The molecule has 1 aliphatic rings. The van der Waals surface area contributed by atoms with Crippen molar-refractivity contribution >= 4 is 0 Å². The Hall–Kier alpha value is -3.04. The number of hydrogen-bond donors (Lipinski definition) is 0. The molecule has 2 aromatic carbocycles. The SMILES string of the molecule is C/C=C/C1CCC(CCc2cc(F)c(C(F)(F)Oc3cc(F)c(OC=C(F)F)c(F)c3)c(F)c2)CC1. The van der Waals surface area contributed by atoms with Gasteiger partial charge in [-0.15, -0.1) is 0 Å². The van der Waals surface area contributed by atoms with E-state index in [2.05, 4.69) is 15.5 Å². The predicted molar refractivity (Wildman–Crippen MR) is 117 cm³/mol. The van der Waals surface area contributed by atoms with Gasteiger partial charge in [0.15, 0.2) is 23.6 Å². The van der Waals surface area contributed by atoms with E-state index in [4.69, 9.17) is 0 Å². The second kappa shape index (κ2) is 11.8. The standard InChI is InChI=1S/C26H24F8O2/c1-2-3-15-4-6-16(7-5-15)8-9-17-10-19(27)24(20(28)11-17)26(33,34)36-18-12-21(29)25(22(30)13-18)35-14-23(31)32/h2-3,10-16H,4-9H2,1H3/b3-2+. The topological polar surface area (TPSA) is 18.5 Å². The minimum absolute atomic E-state index is 0.201. The smallest absolute Gasteiger partial charge is 0.432 e. The Bertz CT molecular complexity index is 1070. The van der Waals surface area contributed by atoms with Gasteiger partial charge in [0, 0.05) is 12.1 Å². The second-order valence-corrected chi connectivity index (χ2v) is 8.64. The predicted octanol–water partition coefficient (Wildman–Crippen LogP) is 8.80. The van der Waals surface area contributed by atoms with Crippen LogP contribution in [0, 0.1) is 35.1 Å². The van der Waals surface area contributed by atoms with E-state index in [1.165, 1.54) is 0 Å². The summed E-state index contributed by atoms with van der Waals surface area (Å²) in [5.41, 5.74) is -1.52. The molecule has 0 aliphatic heterocycles.